The van der Waals surface area contributed by atoms with Gasteiger partial charge in [0.15, 0.2) is 9.84 Å². The van der Waals surface area contributed by atoms with Crippen LogP contribution in [0.4, 0.5) is 0 Å². The zero-order chi connectivity index (χ0) is 15.1. The van der Waals surface area contributed by atoms with Crippen molar-refractivity contribution in [3.05, 3.63) is 30.3 Å². The molecule has 1 amide bonds. The lowest BCUT2D eigenvalue weighted by molar-refractivity contribution is -0.134. The van der Waals surface area contributed by atoms with Gasteiger partial charge in [0.05, 0.1) is 17.3 Å². The fourth-order valence-electron chi connectivity index (χ4n) is 2.07. The lowest BCUT2D eigenvalue weighted by Crippen LogP contribution is -2.48. The summed E-state index contributed by atoms with van der Waals surface area (Å²) in [5, 5.41) is 5.78. The van der Waals surface area contributed by atoms with Crippen LogP contribution in [0.3, 0.4) is 0 Å². The minimum absolute atomic E-state index is 0.0149. The number of benzene rings is 1. The van der Waals surface area contributed by atoms with Crippen LogP contribution in [0.25, 0.3) is 0 Å². The fourth-order valence-corrected chi connectivity index (χ4v) is 3.40. The van der Waals surface area contributed by atoms with E-state index in [0.717, 1.165) is 6.54 Å². The molecule has 7 heteroatoms. The minimum Gasteiger partial charge on any atom is -0.366 e. The number of ether oxygens (including phenoxy) is 1. The third-order valence-electron chi connectivity index (χ3n) is 3.21. The molecule has 1 fully saturated rings. The van der Waals surface area contributed by atoms with E-state index in [2.05, 4.69) is 10.6 Å². The van der Waals surface area contributed by atoms with E-state index in [-0.39, 0.29) is 11.7 Å². The number of nitrogens with one attached hydrogen (secondary N) is 2. The highest BCUT2D eigenvalue weighted by Crippen LogP contribution is 2.10. The Morgan fingerprint density at radius 3 is 2.76 bits per heavy atom. The summed E-state index contributed by atoms with van der Waals surface area (Å²) in [6.07, 6.45) is -0.104. The molecule has 6 nitrogen and oxygen atoms in total. The smallest absolute Gasteiger partial charge is 0.250 e. The van der Waals surface area contributed by atoms with E-state index in [9.17, 15) is 13.2 Å². The topological polar surface area (TPSA) is 84.5 Å². The molecule has 1 saturated heterocycles. The molecular weight excluding hydrogens is 292 g/mol. The van der Waals surface area contributed by atoms with Gasteiger partial charge in [-0.2, -0.15) is 0 Å². The Balaban J connectivity index is 1.73. The van der Waals surface area contributed by atoms with Gasteiger partial charge in [-0.15, -0.1) is 0 Å². The molecule has 1 aliphatic heterocycles. The lowest BCUT2D eigenvalue weighted by atomic mass is 10.3. The van der Waals surface area contributed by atoms with Gasteiger partial charge in [-0.3, -0.25) is 4.79 Å². The first-order valence-corrected chi connectivity index (χ1v) is 8.63. The number of sulfone groups is 1. The Labute approximate surface area is 124 Å². The van der Waals surface area contributed by atoms with Crippen molar-refractivity contribution in [2.45, 2.75) is 17.4 Å². The summed E-state index contributed by atoms with van der Waals surface area (Å²) in [6.45, 7) is 2.08. The van der Waals surface area contributed by atoms with Gasteiger partial charge in [-0.05, 0) is 18.6 Å². The van der Waals surface area contributed by atoms with Gasteiger partial charge in [-0.25, -0.2) is 8.42 Å². The molecule has 1 atom stereocenters. The van der Waals surface area contributed by atoms with Crippen LogP contribution < -0.4 is 10.6 Å². The van der Waals surface area contributed by atoms with Gasteiger partial charge in [0.1, 0.15) is 6.10 Å². The Hall–Kier alpha value is -1.44. The van der Waals surface area contributed by atoms with Gasteiger partial charge in [0, 0.05) is 19.6 Å². The predicted octanol–water partition coefficient (Wildman–Crippen LogP) is -0.0450. The lowest BCUT2D eigenvalue weighted by Gasteiger charge is -2.22. The first-order chi connectivity index (χ1) is 10.1. The maximum absolute atomic E-state index is 12.0. The molecule has 0 saturated carbocycles. The third kappa shape index (κ3) is 4.80. The molecule has 21 heavy (non-hydrogen) atoms. The first-order valence-electron chi connectivity index (χ1n) is 6.97. The highest BCUT2D eigenvalue weighted by Gasteiger charge is 2.21. The number of morpholine rings is 1. The van der Waals surface area contributed by atoms with Gasteiger partial charge in [0.25, 0.3) is 0 Å². The molecule has 0 bridgehead atoms. The highest BCUT2D eigenvalue weighted by molar-refractivity contribution is 7.91. The normalized spacial score (nSPS) is 19.1. The van der Waals surface area contributed by atoms with Crippen molar-refractivity contribution in [3.8, 4) is 0 Å². The molecule has 0 spiro atoms. The maximum atomic E-state index is 12.0. The van der Waals surface area contributed by atoms with Crippen LogP contribution in [0, 0.1) is 0 Å². The Bertz CT molecular complexity index is 554. The van der Waals surface area contributed by atoms with Crippen LogP contribution in [-0.2, 0) is 19.4 Å². The number of carbonyl (C=O) groups is 1. The molecule has 2 N–H and O–H groups in total. The van der Waals surface area contributed by atoms with Crippen molar-refractivity contribution in [2.24, 2.45) is 0 Å². The van der Waals surface area contributed by atoms with Crippen molar-refractivity contribution in [1.29, 1.82) is 0 Å². The van der Waals surface area contributed by atoms with E-state index in [1.165, 1.54) is 0 Å². The molecule has 0 aliphatic carbocycles. The number of hydrogen-bond acceptors (Lipinski definition) is 5. The molecule has 0 radical (unpaired) electrons. The summed E-state index contributed by atoms with van der Waals surface area (Å²) in [4.78, 5) is 12.1. The average molecular weight is 312 g/mol. The van der Waals surface area contributed by atoms with E-state index in [1.54, 1.807) is 30.3 Å². The number of amides is 1. The molecule has 1 unspecified atom stereocenters. The summed E-state index contributed by atoms with van der Waals surface area (Å²) in [5.41, 5.74) is 0. The molecule has 1 aromatic carbocycles. The van der Waals surface area contributed by atoms with E-state index in [4.69, 9.17) is 4.74 Å². The van der Waals surface area contributed by atoms with Crippen LogP contribution in [-0.4, -0.2) is 52.4 Å². The van der Waals surface area contributed by atoms with Crippen LogP contribution in [0.2, 0.25) is 0 Å². The second-order valence-electron chi connectivity index (χ2n) is 4.84. The number of rotatable bonds is 6. The second-order valence-corrected chi connectivity index (χ2v) is 6.95. The van der Waals surface area contributed by atoms with Gasteiger partial charge in [-0.1, -0.05) is 18.2 Å². The summed E-state index contributed by atoms with van der Waals surface area (Å²) >= 11 is 0. The summed E-state index contributed by atoms with van der Waals surface area (Å²) in [6, 6.07) is 8.33. The highest BCUT2D eigenvalue weighted by atomic mass is 32.2. The van der Waals surface area contributed by atoms with Crippen molar-refractivity contribution >= 4 is 15.7 Å². The van der Waals surface area contributed by atoms with E-state index < -0.39 is 15.9 Å². The van der Waals surface area contributed by atoms with Crippen molar-refractivity contribution in [2.75, 3.05) is 32.0 Å². The van der Waals surface area contributed by atoms with Crippen molar-refractivity contribution in [1.82, 2.24) is 10.6 Å². The molecule has 1 aromatic rings. The summed E-state index contributed by atoms with van der Waals surface area (Å²) in [7, 11) is -3.28. The van der Waals surface area contributed by atoms with Gasteiger partial charge >= 0.3 is 0 Å². The van der Waals surface area contributed by atoms with Crippen LogP contribution in [0.15, 0.2) is 35.2 Å². The SMILES string of the molecule is O=C(NCCCS(=O)(=O)c1ccccc1)C1CNCCO1. The second kappa shape index (κ2) is 7.53. The summed E-state index contributed by atoms with van der Waals surface area (Å²) in [5.74, 6) is -0.180. The standard InChI is InChI=1S/C14H20N2O4S/c17-14(13-11-15-8-9-20-13)16-7-4-10-21(18,19)12-5-2-1-3-6-12/h1-3,5-6,13,15H,4,7-11H2,(H,16,17). The van der Waals surface area contributed by atoms with E-state index >= 15 is 0 Å². The Morgan fingerprint density at radius 1 is 1.33 bits per heavy atom. The summed E-state index contributed by atoms with van der Waals surface area (Å²) < 4.78 is 29.4. The first kappa shape index (κ1) is 15.9. The quantitative estimate of drug-likeness (QED) is 0.720. The molecule has 1 heterocycles. The minimum atomic E-state index is -3.28. The number of carbonyl (C=O) groups excluding carboxylic acids is 1. The Morgan fingerprint density at radius 2 is 2.10 bits per heavy atom. The average Bonchev–Trinajstić information content (AvgIpc) is 2.53. The van der Waals surface area contributed by atoms with E-state index in [1.807, 2.05) is 0 Å². The van der Waals surface area contributed by atoms with Crippen molar-refractivity contribution < 1.29 is 17.9 Å². The number of hydrogen-bond donors (Lipinski definition) is 2. The molecule has 116 valence electrons. The monoisotopic (exact) mass is 312 g/mol. The zero-order valence-electron chi connectivity index (χ0n) is 11.7. The molecule has 1 aliphatic rings. The van der Waals surface area contributed by atoms with E-state index in [0.29, 0.717) is 31.0 Å². The van der Waals surface area contributed by atoms with Crippen LogP contribution >= 0.6 is 0 Å². The largest absolute Gasteiger partial charge is 0.366 e. The van der Waals surface area contributed by atoms with Crippen LogP contribution in [0.1, 0.15) is 6.42 Å². The van der Waals surface area contributed by atoms with Crippen LogP contribution in [0.5, 0.6) is 0 Å². The third-order valence-corrected chi connectivity index (χ3v) is 5.03. The zero-order valence-corrected chi connectivity index (χ0v) is 12.6. The molecule has 0 aromatic heterocycles. The van der Waals surface area contributed by atoms with Crippen molar-refractivity contribution in [3.63, 3.8) is 0 Å². The van der Waals surface area contributed by atoms with Gasteiger partial charge in [0.2, 0.25) is 5.91 Å². The predicted molar refractivity (Wildman–Crippen MR) is 78.7 cm³/mol. The maximum Gasteiger partial charge on any atom is 0.250 e. The Kier molecular flexibility index (Phi) is 5.72. The molecule has 2 rings (SSSR count). The molecular formula is C14H20N2O4S. The fraction of sp³-hybridized carbons (Fsp3) is 0.500. The van der Waals surface area contributed by atoms with Gasteiger partial charge < -0.3 is 15.4 Å².